The molecule has 0 saturated carbocycles. The summed E-state index contributed by atoms with van der Waals surface area (Å²) in [5.74, 6) is 1.41. The molecule has 4 heterocycles. The van der Waals surface area contributed by atoms with Gasteiger partial charge in [0.15, 0.2) is 0 Å². The van der Waals surface area contributed by atoms with Crippen LogP contribution in [0.5, 0.6) is 5.88 Å². The van der Waals surface area contributed by atoms with Crippen LogP contribution in [-0.4, -0.2) is 54.3 Å². The molecular weight excluding hydrogens is 418 g/mol. The van der Waals surface area contributed by atoms with Crippen molar-refractivity contribution in [3.8, 4) is 5.88 Å². The number of carbonyl (C=O) groups excluding carboxylic acids is 1. The molecule has 5 rings (SSSR count). The fourth-order valence-electron chi connectivity index (χ4n) is 4.35. The lowest BCUT2D eigenvalue weighted by molar-refractivity contribution is -0.124. The maximum atomic E-state index is 12.3. The first-order valence-corrected chi connectivity index (χ1v) is 10.8. The number of anilines is 3. The summed E-state index contributed by atoms with van der Waals surface area (Å²) in [5, 5.41) is 6.34. The fraction of sp³-hybridized carbons (Fsp3) is 0.500. The minimum atomic E-state index is -0.325. The summed E-state index contributed by atoms with van der Waals surface area (Å²) >= 11 is 0. The zero-order valence-corrected chi connectivity index (χ0v) is 18.2. The number of hydrogen-bond acceptors (Lipinski definition) is 7. The van der Waals surface area contributed by atoms with E-state index in [1.165, 1.54) is 5.56 Å². The van der Waals surface area contributed by atoms with Crippen LogP contribution < -0.4 is 20.3 Å². The number of nitrogens with one attached hydrogen (secondary N) is 2. The molecule has 0 radical (unpaired) electrons. The summed E-state index contributed by atoms with van der Waals surface area (Å²) in [6.07, 6.45) is 6.06. The van der Waals surface area contributed by atoms with Crippen LogP contribution in [0.2, 0.25) is 0 Å². The summed E-state index contributed by atoms with van der Waals surface area (Å²) in [6, 6.07) is 7.96. The second-order valence-electron chi connectivity index (χ2n) is 8.02. The van der Waals surface area contributed by atoms with Gasteiger partial charge in [0, 0.05) is 30.6 Å². The SMILES string of the molecule is Cl.O=C(Nc1ccc2c(c1)CCN2c1cc(OC2CCNCC2)ncn1)[C@@H]1CCCO1. The lowest BCUT2D eigenvalue weighted by Crippen LogP contribution is -2.34. The molecule has 9 heteroatoms. The number of rotatable bonds is 5. The van der Waals surface area contributed by atoms with E-state index in [0.29, 0.717) is 12.5 Å². The van der Waals surface area contributed by atoms with E-state index in [0.717, 1.165) is 68.9 Å². The maximum absolute atomic E-state index is 12.3. The number of fused-ring (bicyclic) bond motifs is 1. The Morgan fingerprint density at radius 3 is 2.87 bits per heavy atom. The maximum Gasteiger partial charge on any atom is 0.253 e. The van der Waals surface area contributed by atoms with Crippen molar-refractivity contribution in [2.24, 2.45) is 0 Å². The lowest BCUT2D eigenvalue weighted by atomic mass is 10.1. The average molecular weight is 446 g/mol. The first-order valence-electron chi connectivity index (χ1n) is 10.8. The van der Waals surface area contributed by atoms with E-state index in [9.17, 15) is 4.79 Å². The number of carbonyl (C=O) groups is 1. The van der Waals surface area contributed by atoms with E-state index in [1.807, 2.05) is 18.2 Å². The zero-order chi connectivity index (χ0) is 20.3. The van der Waals surface area contributed by atoms with Crippen LogP contribution in [0.1, 0.15) is 31.2 Å². The Morgan fingerprint density at radius 1 is 1.19 bits per heavy atom. The van der Waals surface area contributed by atoms with Crippen LogP contribution in [0.3, 0.4) is 0 Å². The van der Waals surface area contributed by atoms with Gasteiger partial charge in [0.05, 0.1) is 0 Å². The van der Waals surface area contributed by atoms with Crippen molar-refractivity contribution in [3.05, 3.63) is 36.2 Å². The van der Waals surface area contributed by atoms with Crippen molar-refractivity contribution in [2.75, 3.05) is 36.5 Å². The molecule has 3 aliphatic heterocycles. The van der Waals surface area contributed by atoms with Crippen molar-refractivity contribution in [2.45, 2.75) is 44.3 Å². The van der Waals surface area contributed by atoms with E-state index >= 15 is 0 Å². The monoisotopic (exact) mass is 445 g/mol. The molecule has 31 heavy (non-hydrogen) atoms. The Hall–Kier alpha value is -2.42. The van der Waals surface area contributed by atoms with E-state index < -0.39 is 0 Å². The molecule has 1 atom stereocenters. The number of ether oxygens (including phenoxy) is 2. The van der Waals surface area contributed by atoms with Crippen LogP contribution in [0, 0.1) is 0 Å². The molecule has 2 aromatic rings. The molecule has 0 aliphatic carbocycles. The van der Waals surface area contributed by atoms with Gasteiger partial charge in [-0.25, -0.2) is 9.97 Å². The predicted octanol–water partition coefficient (Wildman–Crippen LogP) is 2.84. The number of amides is 1. The van der Waals surface area contributed by atoms with E-state index in [-0.39, 0.29) is 30.5 Å². The average Bonchev–Trinajstić information content (AvgIpc) is 3.45. The summed E-state index contributed by atoms with van der Waals surface area (Å²) in [4.78, 5) is 23.3. The molecule has 2 fully saturated rings. The minimum absolute atomic E-state index is 0. The summed E-state index contributed by atoms with van der Waals surface area (Å²) in [6.45, 7) is 3.46. The normalized spacial score (nSPS) is 20.8. The fourth-order valence-corrected chi connectivity index (χ4v) is 4.35. The molecular formula is C22H28ClN5O3. The third kappa shape index (κ3) is 4.92. The molecule has 2 N–H and O–H groups in total. The third-order valence-corrected chi connectivity index (χ3v) is 5.94. The Bertz CT molecular complexity index is 916. The highest BCUT2D eigenvalue weighted by molar-refractivity contribution is 5.94. The smallest absolute Gasteiger partial charge is 0.253 e. The molecule has 0 bridgehead atoms. The molecule has 1 aromatic heterocycles. The number of aromatic nitrogens is 2. The Kier molecular flexibility index (Phi) is 6.89. The molecule has 1 aromatic carbocycles. The van der Waals surface area contributed by atoms with E-state index in [1.54, 1.807) is 6.33 Å². The van der Waals surface area contributed by atoms with Crippen LogP contribution in [0.4, 0.5) is 17.2 Å². The number of benzene rings is 1. The number of nitrogens with zero attached hydrogens (tertiary/aromatic N) is 3. The molecule has 0 spiro atoms. The first-order chi connectivity index (χ1) is 14.8. The highest BCUT2D eigenvalue weighted by Crippen LogP contribution is 2.36. The van der Waals surface area contributed by atoms with E-state index in [2.05, 4.69) is 31.6 Å². The van der Waals surface area contributed by atoms with Crippen LogP contribution in [0.25, 0.3) is 0 Å². The largest absolute Gasteiger partial charge is 0.474 e. The van der Waals surface area contributed by atoms with E-state index in [4.69, 9.17) is 9.47 Å². The second kappa shape index (κ2) is 9.80. The van der Waals surface area contributed by atoms with Gasteiger partial charge in [0.1, 0.15) is 24.4 Å². The third-order valence-electron chi connectivity index (χ3n) is 5.94. The van der Waals surface area contributed by atoms with Crippen molar-refractivity contribution >= 4 is 35.5 Å². The molecule has 3 aliphatic rings. The number of halogens is 1. The van der Waals surface area contributed by atoms with Gasteiger partial charge in [-0.05, 0) is 69.0 Å². The quantitative estimate of drug-likeness (QED) is 0.731. The van der Waals surface area contributed by atoms with Gasteiger partial charge >= 0.3 is 0 Å². The number of hydrogen-bond donors (Lipinski definition) is 2. The molecule has 1 amide bonds. The molecule has 0 unspecified atom stereocenters. The van der Waals surface area contributed by atoms with Gasteiger partial charge in [-0.3, -0.25) is 4.79 Å². The van der Waals surface area contributed by atoms with Gasteiger partial charge in [0.25, 0.3) is 5.91 Å². The van der Waals surface area contributed by atoms with Crippen molar-refractivity contribution < 1.29 is 14.3 Å². The Labute approximate surface area is 188 Å². The van der Waals surface area contributed by atoms with Gasteiger partial charge in [-0.2, -0.15) is 0 Å². The molecule has 2 saturated heterocycles. The van der Waals surface area contributed by atoms with Crippen LogP contribution >= 0.6 is 12.4 Å². The second-order valence-corrected chi connectivity index (χ2v) is 8.02. The van der Waals surface area contributed by atoms with Gasteiger partial charge in [-0.1, -0.05) is 0 Å². The topological polar surface area (TPSA) is 88.6 Å². The number of piperidine rings is 1. The highest BCUT2D eigenvalue weighted by Gasteiger charge is 2.26. The van der Waals surface area contributed by atoms with Gasteiger partial charge < -0.3 is 25.0 Å². The summed E-state index contributed by atoms with van der Waals surface area (Å²) in [7, 11) is 0. The summed E-state index contributed by atoms with van der Waals surface area (Å²) in [5.41, 5.74) is 3.12. The van der Waals surface area contributed by atoms with Crippen LogP contribution in [0.15, 0.2) is 30.6 Å². The standard InChI is InChI=1S/C22H27N5O3.ClH/c28-22(19-2-1-11-29-19)26-16-3-4-18-15(12-16)7-10-27(18)20-13-21(25-14-24-20)30-17-5-8-23-9-6-17;/h3-4,12-14,17,19,23H,1-2,5-11H2,(H,26,28);1H/t19-;/m0./s1. The van der Waals surface area contributed by atoms with Gasteiger partial charge in [0.2, 0.25) is 5.88 Å². The highest BCUT2D eigenvalue weighted by atomic mass is 35.5. The molecule has 8 nitrogen and oxygen atoms in total. The zero-order valence-electron chi connectivity index (χ0n) is 17.4. The van der Waals surface area contributed by atoms with Crippen molar-refractivity contribution in [3.63, 3.8) is 0 Å². The van der Waals surface area contributed by atoms with Gasteiger partial charge in [-0.15, -0.1) is 12.4 Å². The van der Waals surface area contributed by atoms with Crippen LogP contribution in [-0.2, 0) is 16.0 Å². The lowest BCUT2D eigenvalue weighted by Gasteiger charge is -2.24. The molecule has 166 valence electrons. The van der Waals surface area contributed by atoms with Crippen molar-refractivity contribution in [1.82, 2.24) is 15.3 Å². The predicted molar refractivity (Wildman–Crippen MR) is 121 cm³/mol. The first kappa shape index (κ1) is 21.8. The minimum Gasteiger partial charge on any atom is -0.474 e. The van der Waals surface area contributed by atoms with Crippen molar-refractivity contribution in [1.29, 1.82) is 0 Å². The Balaban J connectivity index is 0.00000231. The Morgan fingerprint density at radius 2 is 2.06 bits per heavy atom. The summed E-state index contributed by atoms with van der Waals surface area (Å²) < 4.78 is 11.5.